The monoisotopic (exact) mass is 232 g/mol. The first kappa shape index (κ1) is 10.2. The van der Waals surface area contributed by atoms with E-state index in [9.17, 15) is 13.2 Å². The molecule has 2 rings (SSSR count). The lowest BCUT2D eigenvalue weighted by Crippen LogP contribution is -2.11. The third-order valence-corrected chi connectivity index (χ3v) is 2.65. The Morgan fingerprint density at radius 2 is 2.20 bits per heavy atom. The van der Waals surface area contributed by atoms with Gasteiger partial charge in [-0.1, -0.05) is 0 Å². The molecule has 2 aromatic rings. The van der Waals surface area contributed by atoms with Crippen molar-refractivity contribution in [2.24, 2.45) is 0 Å². The number of aromatic nitrogens is 2. The largest absolute Gasteiger partial charge is 0.395 e. The maximum absolute atomic E-state index is 12.1. The van der Waals surface area contributed by atoms with Gasteiger partial charge in [-0.05, 0) is 6.07 Å². The number of rotatable bonds is 2. The van der Waals surface area contributed by atoms with Gasteiger partial charge in [-0.2, -0.15) is 13.2 Å². The summed E-state index contributed by atoms with van der Waals surface area (Å²) >= 11 is 1.03. The molecule has 2 aromatic heterocycles. The first-order valence-corrected chi connectivity index (χ1v) is 5.07. The molecule has 0 aliphatic carbocycles. The summed E-state index contributed by atoms with van der Waals surface area (Å²) in [7, 11) is 0. The Hall–Kier alpha value is -1.30. The number of thiazole rings is 1. The minimum atomic E-state index is -4.19. The summed E-state index contributed by atoms with van der Waals surface area (Å²) in [6.07, 6.45) is -1.74. The van der Waals surface area contributed by atoms with Crippen LogP contribution in [0, 0.1) is 0 Å². The second-order valence-corrected chi connectivity index (χ2v) is 3.96. The fourth-order valence-electron chi connectivity index (χ4n) is 1.18. The van der Waals surface area contributed by atoms with Crippen molar-refractivity contribution in [1.29, 1.82) is 0 Å². The summed E-state index contributed by atoms with van der Waals surface area (Å²) in [5.74, 6) is 0. The second kappa shape index (κ2) is 3.69. The van der Waals surface area contributed by atoms with Crippen molar-refractivity contribution in [2.45, 2.75) is 12.6 Å². The van der Waals surface area contributed by atoms with Crippen LogP contribution in [0.2, 0.25) is 0 Å². The maximum Gasteiger partial charge on any atom is 0.395 e. The van der Waals surface area contributed by atoms with Crippen molar-refractivity contribution in [3.05, 3.63) is 28.8 Å². The lowest BCUT2D eigenvalue weighted by Gasteiger charge is -2.01. The van der Waals surface area contributed by atoms with Gasteiger partial charge in [-0.15, -0.1) is 11.3 Å². The average molecular weight is 232 g/mol. The first-order valence-electron chi connectivity index (χ1n) is 4.19. The Labute approximate surface area is 87.8 Å². The molecule has 6 heteroatoms. The molecular formula is C9H7F3N2S. The number of H-pyrrole nitrogens is 1. The maximum atomic E-state index is 12.1. The molecule has 0 fully saturated rings. The normalized spacial score (nSPS) is 11.9. The SMILES string of the molecule is FC(F)(F)Cc1nc(-c2cc[nH]c2)cs1. The molecule has 2 heterocycles. The van der Waals surface area contributed by atoms with E-state index in [4.69, 9.17) is 0 Å². The second-order valence-electron chi connectivity index (χ2n) is 3.02. The highest BCUT2D eigenvalue weighted by Crippen LogP contribution is 2.26. The Balaban J connectivity index is 2.18. The molecule has 0 saturated carbocycles. The summed E-state index contributed by atoms with van der Waals surface area (Å²) < 4.78 is 36.2. The molecule has 0 aromatic carbocycles. The minimum Gasteiger partial charge on any atom is -0.367 e. The van der Waals surface area contributed by atoms with E-state index in [-0.39, 0.29) is 5.01 Å². The molecule has 80 valence electrons. The third kappa shape index (κ3) is 2.59. The van der Waals surface area contributed by atoms with Crippen LogP contribution in [-0.2, 0) is 6.42 Å². The van der Waals surface area contributed by atoms with Crippen LogP contribution in [0.15, 0.2) is 23.8 Å². The van der Waals surface area contributed by atoms with E-state index >= 15 is 0 Å². The standard InChI is InChI=1S/C9H7F3N2S/c10-9(11,12)3-8-14-7(5-15-8)6-1-2-13-4-6/h1-2,4-5,13H,3H2. The molecule has 1 N–H and O–H groups in total. The molecule has 0 aliphatic heterocycles. The van der Waals surface area contributed by atoms with Crippen LogP contribution in [0.1, 0.15) is 5.01 Å². The van der Waals surface area contributed by atoms with E-state index in [0.29, 0.717) is 5.69 Å². The van der Waals surface area contributed by atoms with Crippen molar-refractivity contribution in [2.75, 3.05) is 0 Å². The van der Waals surface area contributed by atoms with Gasteiger partial charge in [0.2, 0.25) is 0 Å². The van der Waals surface area contributed by atoms with Gasteiger partial charge in [0.1, 0.15) is 5.01 Å². The third-order valence-electron chi connectivity index (χ3n) is 1.80. The molecular weight excluding hydrogens is 225 g/mol. The molecule has 0 bridgehead atoms. The number of halogens is 3. The zero-order valence-corrected chi connectivity index (χ0v) is 8.32. The molecule has 0 atom stereocenters. The van der Waals surface area contributed by atoms with Crippen LogP contribution in [0.3, 0.4) is 0 Å². The quantitative estimate of drug-likeness (QED) is 0.846. The van der Waals surface area contributed by atoms with Gasteiger partial charge in [0.05, 0.1) is 12.1 Å². The molecule has 0 radical (unpaired) electrons. The summed E-state index contributed by atoms with van der Waals surface area (Å²) in [6, 6.07) is 1.77. The van der Waals surface area contributed by atoms with E-state index in [2.05, 4.69) is 9.97 Å². The zero-order valence-electron chi connectivity index (χ0n) is 7.51. The van der Waals surface area contributed by atoms with Crippen molar-refractivity contribution in [1.82, 2.24) is 9.97 Å². The van der Waals surface area contributed by atoms with Gasteiger partial charge in [-0.3, -0.25) is 0 Å². The van der Waals surface area contributed by atoms with E-state index in [1.165, 1.54) is 0 Å². The van der Waals surface area contributed by atoms with Crippen LogP contribution in [0.25, 0.3) is 11.3 Å². The molecule has 2 nitrogen and oxygen atoms in total. The Bertz CT molecular complexity index is 430. The smallest absolute Gasteiger partial charge is 0.367 e. The predicted octanol–water partition coefficient (Wildman–Crippen LogP) is 3.24. The Kier molecular flexibility index (Phi) is 2.52. The number of aromatic amines is 1. The highest BCUT2D eigenvalue weighted by Gasteiger charge is 2.29. The molecule has 0 aliphatic rings. The lowest BCUT2D eigenvalue weighted by atomic mass is 10.3. The average Bonchev–Trinajstić information content (AvgIpc) is 2.68. The molecule has 0 amide bonds. The fraction of sp³-hybridized carbons (Fsp3) is 0.222. The van der Waals surface area contributed by atoms with Gasteiger partial charge >= 0.3 is 6.18 Å². The number of alkyl halides is 3. The predicted molar refractivity (Wildman–Crippen MR) is 51.7 cm³/mol. The molecule has 0 saturated heterocycles. The van der Waals surface area contributed by atoms with E-state index in [1.807, 2.05) is 0 Å². The van der Waals surface area contributed by atoms with Crippen molar-refractivity contribution in [3.8, 4) is 11.3 Å². The van der Waals surface area contributed by atoms with Gasteiger partial charge in [0, 0.05) is 23.3 Å². The van der Waals surface area contributed by atoms with Crippen molar-refractivity contribution >= 4 is 11.3 Å². The number of nitrogens with zero attached hydrogens (tertiary/aromatic N) is 1. The molecule has 0 unspecified atom stereocenters. The topological polar surface area (TPSA) is 28.7 Å². The highest BCUT2D eigenvalue weighted by atomic mass is 32.1. The van der Waals surface area contributed by atoms with E-state index < -0.39 is 12.6 Å². The summed E-state index contributed by atoms with van der Waals surface area (Å²) in [6.45, 7) is 0. The van der Waals surface area contributed by atoms with Crippen LogP contribution in [-0.4, -0.2) is 16.1 Å². The summed E-state index contributed by atoms with van der Waals surface area (Å²) in [5.41, 5.74) is 1.39. The van der Waals surface area contributed by atoms with Crippen LogP contribution in [0.5, 0.6) is 0 Å². The van der Waals surface area contributed by atoms with Gasteiger partial charge in [0.15, 0.2) is 0 Å². The van der Waals surface area contributed by atoms with E-state index in [0.717, 1.165) is 16.9 Å². The molecule has 15 heavy (non-hydrogen) atoms. The fourth-order valence-corrected chi connectivity index (χ4v) is 2.01. The first-order chi connectivity index (χ1) is 7.04. The van der Waals surface area contributed by atoms with Gasteiger partial charge in [-0.25, -0.2) is 4.98 Å². The highest BCUT2D eigenvalue weighted by molar-refractivity contribution is 7.09. The number of hydrogen-bond acceptors (Lipinski definition) is 2. The van der Waals surface area contributed by atoms with Crippen molar-refractivity contribution in [3.63, 3.8) is 0 Å². The molecule has 0 spiro atoms. The van der Waals surface area contributed by atoms with Crippen LogP contribution >= 0.6 is 11.3 Å². The van der Waals surface area contributed by atoms with Gasteiger partial charge in [0.25, 0.3) is 0 Å². The Morgan fingerprint density at radius 1 is 1.40 bits per heavy atom. The van der Waals surface area contributed by atoms with Gasteiger partial charge < -0.3 is 4.98 Å². The summed E-state index contributed by atoms with van der Waals surface area (Å²) in [5, 5.41) is 1.73. The van der Waals surface area contributed by atoms with Crippen LogP contribution in [0.4, 0.5) is 13.2 Å². The zero-order chi connectivity index (χ0) is 10.9. The van der Waals surface area contributed by atoms with Crippen LogP contribution < -0.4 is 0 Å². The number of nitrogens with one attached hydrogen (secondary N) is 1. The summed E-state index contributed by atoms with van der Waals surface area (Å²) in [4.78, 5) is 6.74. The Morgan fingerprint density at radius 3 is 2.80 bits per heavy atom. The lowest BCUT2D eigenvalue weighted by molar-refractivity contribution is -0.127. The van der Waals surface area contributed by atoms with Crippen molar-refractivity contribution < 1.29 is 13.2 Å². The van der Waals surface area contributed by atoms with E-state index in [1.54, 1.807) is 23.8 Å². The minimum absolute atomic E-state index is 0.0960. The number of hydrogen-bond donors (Lipinski definition) is 1.